The van der Waals surface area contributed by atoms with Gasteiger partial charge in [0.25, 0.3) is 0 Å². The molecule has 2 N–H and O–H groups in total. The fourth-order valence-corrected chi connectivity index (χ4v) is 2.25. The molecule has 0 aliphatic carbocycles. The Kier molecular flexibility index (Phi) is 5.00. The van der Waals surface area contributed by atoms with E-state index in [1.54, 1.807) is 6.92 Å². The summed E-state index contributed by atoms with van der Waals surface area (Å²) in [6.07, 6.45) is 0. The minimum absolute atomic E-state index is 0.102. The molecule has 0 amide bonds. The Balaban J connectivity index is 2.96. The fourth-order valence-electron chi connectivity index (χ4n) is 1.27. The Morgan fingerprint density at radius 2 is 2.15 bits per heavy atom. The molecule has 0 atom stereocenters. The highest BCUT2D eigenvalue weighted by Crippen LogP contribution is 2.27. The summed E-state index contributed by atoms with van der Waals surface area (Å²) in [5, 5.41) is 19.8. The zero-order valence-electron chi connectivity index (χ0n) is 10.4. The predicted octanol–water partition coefficient (Wildman–Crippen LogP) is 0.142. The molecule has 0 saturated heterocycles. The number of nitrogens with one attached hydrogen (secondary N) is 1. The lowest BCUT2D eigenvalue weighted by Gasteiger charge is -2.06. The third-order valence-electron chi connectivity index (χ3n) is 2.17. The molecule has 0 fully saturated rings. The van der Waals surface area contributed by atoms with Crippen molar-refractivity contribution >= 4 is 21.7 Å². The molecule has 9 nitrogen and oxygen atoms in total. The minimum Gasteiger partial charge on any atom is -0.502 e. The van der Waals surface area contributed by atoms with Crippen molar-refractivity contribution < 1.29 is 28.0 Å². The summed E-state index contributed by atoms with van der Waals surface area (Å²) in [5.74, 6) is -1.43. The number of nitro groups is 1. The summed E-state index contributed by atoms with van der Waals surface area (Å²) in [6, 6.07) is 2.57. The second-order valence-electron chi connectivity index (χ2n) is 3.54. The Morgan fingerprint density at radius 1 is 1.50 bits per heavy atom. The molecular formula is C10H12N2O7S. The van der Waals surface area contributed by atoms with Crippen molar-refractivity contribution in [1.82, 2.24) is 4.72 Å². The van der Waals surface area contributed by atoms with Crippen LogP contribution >= 0.6 is 0 Å². The molecule has 1 aromatic carbocycles. The topological polar surface area (TPSA) is 136 Å². The normalized spacial score (nSPS) is 11.1. The van der Waals surface area contributed by atoms with E-state index < -0.39 is 43.8 Å². The number of nitrogens with zero attached hydrogens (tertiary/aromatic N) is 1. The zero-order valence-corrected chi connectivity index (χ0v) is 11.2. The lowest BCUT2D eigenvalue weighted by Crippen LogP contribution is -2.30. The monoisotopic (exact) mass is 304 g/mol. The van der Waals surface area contributed by atoms with Gasteiger partial charge in [-0.15, -0.1) is 0 Å². The van der Waals surface area contributed by atoms with Crippen molar-refractivity contribution in [3.63, 3.8) is 0 Å². The van der Waals surface area contributed by atoms with Gasteiger partial charge < -0.3 is 9.84 Å². The summed E-state index contributed by atoms with van der Waals surface area (Å²) in [4.78, 5) is 20.3. The lowest BCUT2D eigenvalue weighted by atomic mass is 10.3. The van der Waals surface area contributed by atoms with E-state index in [1.165, 1.54) is 0 Å². The van der Waals surface area contributed by atoms with Gasteiger partial charge in [-0.2, -0.15) is 4.72 Å². The van der Waals surface area contributed by atoms with Crippen LogP contribution in [-0.2, 0) is 19.6 Å². The molecule has 0 aliphatic rings. The maximum absolute atomic E-state index is 11.8. The van der Waals surface area contributed by atoms with Gasteiger partial charge in [0.2, 0.25) is 10.0 Å². The molecule has 10 heteroatoms. The Bertz CT molecular complexity index is 626. The van der Waals surface area contributed by atoms with Crippen LogP contribution in [0.2, 0.25) is 0 Å². The summed E-state index contributed by atoms with van der Waals surface area (Å²) in [5.41, 5.74) is -0.746. The van der Waals surface area contributed by atoms with Crippen LogP contribution in [0.4, 0.5) is 5.69 Å². The Morgan fingerprint density at radius 3 is 2.70 bits per heavy atom. The molecule has 0 saturated carbocycles. The quantitative estimate of drug-likeness (QED) is 0.433. The summed E-state index contributed by atoms with van der Waals surface area (Å²) in [7, 11) is -4.11. The van der Waals surface area contributed by atoms with Gasteiger partial charge in [0.1, 0.15) is 6.54 Å². The van der Waals surface area contributed by atoms with Crippen molar-refractivity contribution in [2.45, 2.75) is 11.8 Å². The van der Waals surface area contributed by atoms with E-state index >= 15 is 0 Å². The van der Waals surface area contributed by atoms with E-state index in [0.717, 1.165) is 12.1 Å². The van der Waals surface area contributed by atoms with E-state index in [9.17, 15) is 28.4 Å². The zero-order chi connectivity index (χ0) is 15.3. The summed E-state index contributed by atoms with van der Waals surface area (Å²) in [6.45, 7) is 1.08. The number of benzene rings is 1. The molecule has 0 spiro atoms. The van der Waals surface area contributed by atoms with Crippen molar-refractivity contribution in [3.05, 3.63) is 28.3 Å². The Labute approximate surface area is 114 Å². The van der Waals surface area contributed by atoms with Crippen molar-refractivity contribution in [1.29, 1.82) is 0 Å². The number of carbonyl (C=O) groups excluding carboxylic acids is 1. The minimum atomic E-state index is -4.11. The molecular weight excluding hydrogens is 292 g/mol. The van der Waals surface area contributed by atoms with Crippen molar-refractivity contribution in [2.75, 3.05) is 13.2 Å². The first-order valence-electron chi connectivity index (χ1n) is 5.40. The first kappa shape index (κ1) is 15.9. The second-order valence-corrected chi connectivity index (χ2v) is 5.30. The fraction of sp³-hybridized carbons (Fsp3) is 0.300. The van der Waals surface area contributed by atoms with Gasteiger partial charge in [-0.25, -0.2) is 8.42 Å². The summed E-state index contributed by atoms with van der Waals surface area (Å²) < 4.78 is 30.1. The van der Waals surface area contributed by atoms with Gasteiger partial charge in [-0.3, -0.25) is 14.9 Å². The number of hydrogen-bond acceptors (Lipinski definition) is 7. The standard InChI is InChI=1S/C10H12N2O7S/c1-2-19-10(14)6-11-20(17,18)7-3-4-9(13)8(5-7)12(15)16/h3-5,11,13H,2,6H2,1H3. The smallest absolute Gasteiger partial charge is 0.321 e. The molecule has 1 aromatic rings. The van der Waals surface area contributed by atoms with Crippen LogP contribution < -0.4 is 4.72 Å². The van der Waals surface area contributed by atoms with Gasteiger partial charge in [0, 0.05) is 6.07 Å². The Hall–Kier alpha value is -2.20. The van der Waals surface area contributed by atoms with Crippen LogP contribution in [0.15, 0.2) is 23.1 Å². The van der Waals surface area contributed by atoms with Crippen LogP contribution in [-0.4, -0.2) is 37.6 Å². The number of sulfonamides is 1. The molecule has 1 rings (SSSR count). The molecule has 0 bridgehead atoms. The predicted molar refractivity (Wildman–Crippen MR) is 66.6 cm³/mol. The van der Waals surface area contributed by atoms with E-state index in [1.807, 2.05) is 4.72 Å². The van der Waals surface area contributed by atoms with E-state index in [0.29, 0.717) is 6.07 Å². The number of aromatic hydroxyl groups is 1. The van der Waals surface area contributed by atoms with E-state index in [-0.39, 0.29) is 6.61 Å². The average molecular weight is 304 g/mol. The molecule has 0 heterocycles. The number of ether oxygens (including phenoxy) is 1. The number of nitro benzene ring substituents is 1. The highest BCUT2D eigenvalue weighted by atomic mass is 32.2. The number of phenolic OH excluding ortho intramolecular Hbond substituents is 1. The van der Waals surface area contributed by atoms with Gasteiger partial charge in [-0.1, -0.05) is 0 Å². The number of rotatable bonds is 6. The molecule has 0 aliphatic heterocycles. The van der Waals surface area contributed by atoms with Gasteiger partial charge in [0.15, 0.2) is 5.75 Å². The maximum Gasteiger partial charge on any atom is 0.321 e. The second kappa shape index (κ2) is 6.30. The van der Waals surface area contributed by atoms with Crippen molar-refractivity contribution in [2.24, 2.45) is 0 Å². The van der Waals surface area contributed by atoms with Crippen LogP contribution in [0.5, 0.6) is 5.75 Å². The van der Waals surface area contributed by atoms with Gasteiger partial charge in [0.05, 0.1) is 16.4 Å². The summed E-state index contributed by atoms with van der Waals surface area (Å²) >= 11 is 0. The number of hydrogen-bond donors (Lipinski definition) is 2. The van der Waals surface area contributed by atoms with Crippen molar-refractivity contribution in [3.8, 4) is 5.75 Å². The highest BCUT2D eigenvalue weighted by molar-refractivity contribution is 7.89. The molecule has 20 heavy (non-hydrogen) atoms. The van der Waals surface area contributed by atoms with E-state index in [2.05, 4.69) is 4.74 Å². The molecule has 0 radical (unpaired) electrons. The van der Waals surface area contributed by atoms with Gasteiger partial charge in [-0.05, 0) is 19.1 Å². The molecule has 110 valence electrons. The SMILES string of the molecule is CCOC(=O)CNS(=O)(=O)c1ccc(O)c([N+](=O)[O-])c1. The van der Waals surface area contributed by atoms with Crippen LogP contribution in [0.3, 0.4) is 0 Å². The molecule has 0 aromatic heterocycles. The number of esters is 1. The largest absolute Gasteiger partial charge is 0.502 e. The average Bonchev–Trinajstić information content (AvgIpc) is 2.37. The van der Waals surface area contributed by atoms with Crippen LogP contribution in [0.1, 0.15) is 6.92 Å². The van der Waals surface area contributed by atoms with Crippen LogP contribution in [0, 0.1) is 10.1 Å². The van der Waals surface area contributed by atoms with E-state index in [4.69, 9.17) is 0 Å². The number of phenols is 1. The highest BCUT2D eigenvalue weighted by Gasteiger charge is 2.21. The third-order valence-corrected chi connectivity index (χ3v) is 3.56. The third kappa shape index (κ3) is 3.90. The van der Waals surface area contributed by atoms with Crippen LogP contribution in [0.25, 0.3) is 0 Å². The number of carbonyl (C=O) groups is 1. The maximum atomic E-state index is 11.8. The van der Waals surface area contributed by atoms with Gasteiger partial charge >= 0.3 is 11.7 Å². The first-order valence-corrected chi connectivity index (χ1v) is 6.89. The lowest BCUT2D eigenvalue weighted by molar-refractivity contribution is -0.386. The first-order chi connectivity index (χ1) is 9.27. The molecule has 0 unspecified atom stereocenters.